The summed E-state index contributed by atoms with van der Waals surface area (Å²) in [7, 11) is 0. The number of para-hydroxylation sites is 1. The quantitative estimate of drug-likeness (QED) is 0.697. The predicted molar refractivity (Wildman–Crippen MR) is 51.6 cm³/mol. The molecule has 0 N–H and O–H groups in total. The summed E-state index contributed by atoms with van der Waals surface area (Å²) in [5.74, 6) is 0.842. The van der Waals surface area contributed by atoms with E-state index in [0.717, 1.165) is 5.75 Å². The molecule has 2 nitrogen and oxygen atoms in total. The molecule has 0 unspecified atom stereocenters. The van der Waals surface area contributed by atoms with Gasteiger partial charge in [0.25, 0.3) is 0 Å². The molecule has 2 rings (SSSR count). The largest absolute Gasteiger partial charge is 0.477 e. The van der Waals surface area contributed by atoms with Gasteiger partial charge in [-0.25, -0.2) is 0 Å². The SMILES string of the molecule is [c]1ccccc1OCN1CCCC1. The molecule has 1 fully saturated rings. The molecule has 0 bridgehead atoms. The van der Waals surface area contributed by atoms with Gasteiger partial charge in [-0.2, -0.15) is 0 Å². The summed E-state index contributed by atoms with van der Waals surface area (Å²) < 4.78 is 5.56. The maximum absolute atomic E-state index is 5.56. The van der Waals surface area contributed by atoms with Crippen LogP contribution < -0.4 is 4.74 Å². The number of hydrogen-bond donors (Lipinski definition) is 0. The van der Waals surface area contributed by atoms with E-state index in [9.17, 15) is 0 Å². The van der Waals surface area contributed by atoms with Gasteiger partial charge in [0.05, 0.1) is 0 Å². The normalized spacial score (nSPS) is 17.5. The second-order valence-electron chi connectivity index (χ2n) is 3.33. The average Bonchev–Trinajstić information content (AvgIpc) is 2.69. The zero-order valence-electron chi connectivity index (χ0n) is 7.70. The van der Waals surface area contributed by atoms with E-state index in [-0.39, 0.29) is 0 Å². The molecule has 0 atom stereocenters. The lowest BCUT2D eigenvalue weighted by molar-refractivity contribution is 0.152. The second-order valence-corrected chi connectivity index (χ2v) is 3.33. The summed E-state index contributed by atoms with van der Waals surface area (Å²) in [6, 6.07) is 10.8. The molecular weight excluding hydrogens is 162 g/mol. The summed E-state index contributed by atoms with van der Waals surface area (Å²) in [4.78, 5) is 2.32. The monoisotopic (exact) mass is 176 g/mol. The van der Waals surface area contributed by atoms with Crippen LogP contribution in [0.25, 0.3) is 0 Å². The maximum Gasteiger partial charge on any atom is 0.142 e. The summed E-state index contributed by atoms with van der Waals surface area (Å²) in [6.07, 6.45) is 2.61. The summed E-state index contributed by atoms with van der Waals surface area (Å²) in [5, 5.41) is 0. The van der Waals surface area contributed by atoms with Crippen molar-refractivity contribution in [2.24, 2.45) is 0 Å². The lowest BCUT2D eigenvalue weighted by Crippen LogP contribution is -2.24. The number of nitrogens with zero attached hydrogens (tertiary/aromatic N) is 1. The van der Waals surface area contributed by atoms with E-state index in [0.29, 0.717) is 6.73 Å². The fourth-order valence-electron chi connectivity index (χ4n) is 1.54. The van der Waals surface area contributed by atoms with Crippen LogP contribution in [0.15, 0.2) is 24.3 Å². The molecule has 1 aliphatic heterocycles. The fourth-order valence-corrected chi connectivity index (χ4v) is 1.54. The molecule has 1 heterocycles. The molecular formula is C11H14NO. The molecule has 0 saturated carbocycles. The Bertz CT molecular complexity index is 242. The van der Waals surface area contributed by atoms with Crippen LogP contribution in [0.4, 0.5) is 0 Å². The first kappa shape index (κ1) is 8.57. The molecule has 1 aromatic carbocycles. The van der Waals surface area contributed by atoms with Gasteiger partial charge >= 0.3 is 0 Å². The molecule has 69 valence electrons. The van der Waals surface area contributed by atoms with Crippen LogP contribution in [0.2, 0.25) is 0 Å². The molecule has 0 amide bonds. The third-order valence-electron chi connectivity index (χ3n) is 2.28. The van der Waals surface area contributed by atoms with Crippen LogP contribution in [0.3, 0.4) is 0 Å². The van der Waals surface area contributed by atoms with Crippen molar-refractivity contribution in [3.8, 4) is 5.75 Å². The van der Waals surface area contributed by atoms with Gasteiger partial charge in [-0.05, 0) is 18.9 Å². The Morgan fingerprint density at radius 3 is 2.85 bits per heavy atom. The minimum atomic E-state index is 0.709. The van der Waals surface area contributed by atoms with Gasteiger partial charge in [-0.1, -0.05) is 18.2 Å². The lowest BCUT2D eigenvalue weighted by Gasteiger charge is -2.14. The van der Waals surface area contributed by atoms with Gasteiger partial charge in [0.15, 0.2) is 0 Å². The number of likely N-dealkylation sites (tertiary alicyclic amines) is 1. The third kappa shape index (κ3) is 2.46. The average molecular weight is 176 g/mol. The Morgan fingerprint density at radius 2 is 2.15 bits per heavy atom. The van der Waals surface area contributed by atoms with E-state index in [1.165, 1.54) is 25.9 Å². The van der Waals surface area contributed by atoms with Gasteiger partial charge in [0, 0.05) is 19.2 Å². The molecule has 2 heteroatoms. The van der Waals surface area contributed by atoms with Crippen LogP contribution in [0, 0.1) is 6.07 Å². The highest BCUT2D eigenvalue weighted by Gasteiger charge is 2.10. The van der Waals surface area contributed by atoms with Crippen molar-refractivity contribution in [1.29, 1.82) is 0 Å². The van der Waals surface area contributed by atoms with Crippen molar-refractivity contribution in [2.45, 2.75) is 12.8 Å². The molecule has 0 aliphatic carbocycles. The van der Waals surface area contributed by atoms with Gasteiger partial charge < -0.3 is 4.74 Å². The second kappa shape index (κ2) is 4.28. The summed E-state index contributed by atoms with van der Waals surface area (Å²) in [6.45, 7) is 3.06. The zero-order valence-corrected chi connectivity index (χ0v) is 7.70. The first-order valence-electron chi connectivity index (χ1n) is 4.77. The standard InChI is InChI=1S/C11H14NO/c1-2-6-11(7-3-1)13-10-12-8-4-5-9-12/h1-3,6H,4-5,8-10H2. The van der Waals surface area contributed by atoms with Crippen molar-refractivity contribution in [2.75, 3.05) is 19.8 Å². The Balaban J connectivity index is 1.79. The van der Waals surface area contributed by atoms with E-state index < -0.39 is 0 Å². The van der Waals surface area contributed by atoms with Gasteiger partial charge in [-0.15, -0.1) is 0 Å². The number of hydrogen-bond acceptors (Lipinski definition) is 2. The molecule has 0 spiro atoms. The van der Waals surface area contributed by atoms with E-state index in [4.69, 9.17) is 4.74 Å². The van der Waals surface area contributed by atoms with Crippen LogP contribution >= 0.6 is 0 Å². The summed E-state index contributed by atoms with van der Waals surface area (Å²) in [5.41, 5.74) is 0. The van der Waals surface area contributed by atoms with Gasteiger partial charge in [0.1, 0.15) is 12.5 Å². The van der Waals surface area contributed by atoms with Crippen molar-refractivity contribution in [3.63, 3.8) is 0 Å². The highest BCUT2D eigenvalue weighted by molar-refractivity contribution is 5.19. The molecule has 1 aromatic rings. The van der Waals surface area contributed by atoms with Gasteiger partial charge in [0.2, 0.25) is 0 Å². The molecule has 1 radical (unpaired) electrons. The minimum Gasteiger partial charge on any atom is -0.477 e. The summed E-state index contributed by atoms with van der Waals surface area (Å²) >= 11 is 0. The molecule has 1 aliphatic rings. The van der Waals surface area contributed by atoms with Gasteiger partial charge in [-0.3, -0.25) is 4.90 Å². The predicted octanol–water partition coefficient (Wildman–Crippen LogP) is 1.92. The van der Waals surface area contributed by atoms with Crippen LogP contribution in [0.5, 0.6) is 5.75 Å². The van der Waals surface area contributed by atoms with E-state index >= 15 is 0 Å². The Morgan fingerprint density at radius 1 is 1.31 bits per heavy atom. The number of rotatable bonds is 3. The van der Waals surface area contributed by atoms with Crippen LogP contribution in [-0.2, 0) is 0 Å². The van der Waals surface area contributed by atoms with E-state index in [2.05, 4.69) is 11.0 Å². The zero-order chi connectivity index (χ0) is 8.93. The van der Waals surface area contributed by atoms with Crippen molar-refractivity contribution in [3.05, 3.63) is 30.3 Å². The van der Waals surface area contributed by atoms with Crippen LogP contribution in [0.1, 0.15) is 12.8 Å². The van der Waals surface area contributed by atoms with Crippen molar-refractivity contribution < 1.29 is 4.74 Å². The number of benzene rings is 1. The Labute approximate surface area is 79.1 Å². The van der Waals surface area contributed by atoms with E-state index in [1.54, 1.807) is 0 Å². The number of ether oxygens (including phenoxy) is 1. The maximum atomic E-state index is 5.56. The molecule has 1 saturated heterocycles. The van der Waals surface area contributed by atoms with Crippen molar-refractivity contribution in [1.82, 2.24) is 4.90 Å². The molecule has 13 heavy (non-hydrogen) atoms. The highest BCUT2D eigenvalue weighted by atomic mass is 16.5. The lowest BCUT2D eigenvalue weighted by atomic mass is 10.3. The fraction of sp³-hybridized carbons (Fsp3) is 0.455. The van der Waals surface area contributed by atoms with Crippen LogP contribution in [-0.4, -0.2) is 24.7 Å². The highest BCUT2D eigenvalue weighted by Crippen LogP contribution is 2.11. The van der Waals surface area contributed by atoms with E-state index in [1.807, 2.05) is 24.3 Å². The third-order valence-corrected chi connectivity index (χ3v) is 2.28. The minimum absolute atomic E-state index is 0.709. The first-order chi connectivity index (χ1) is 6.45. The van der Waals surface area contributed by atoms with Crippen molar-refractivity contribution >= 4 is 0 Å². The Hall–Kier alpha value is -1.02. The Kier molecular flexibility index (Phi) is 2.82. The topological polar surface area (TPSA) is 12.5 Å². The first-order valence-corrected chi connectivity index (χ1v) is 4.77. The molecule has 0 aromatic heterocycles. The smallest absolute Gasteiger partial charge is 0.142 e.